The maximum absolute atomic E-state index is 12.5. The van der Waals surface area contributed by atoms with E-state index in [0.717, 1.165) is 11.3 Å². The van der Waals surface area contributed by atoms with Crippen molar-refractivity contribution in [3.05, 3.63) is 59.5 Å². The number of allylic oxidation sites excluding steroid dienone is 2. The van der Waals surface area contributed by atoms with Crippen molar-refractivity contribution in [1.82, 2.24) is 5.32 Å². The number of carbonyl (C=O) groups is 3. The molecule has 0 saturated carbocycles. The maximum Gasteiger partial charge on any atom is 0.355 e. The number of hydrogen-bond acceptors (Lipinski definition) is 6. The molecule has 1 N–H and O–H groups in total. The predicted octanol–water partition coefficient (Wildman–Crippen LogP) is 1.84. The van der Waals surface area contributed by atoms with Crippen LogP contribution in [0.25, 0.3) is 0 Å². The van der Waals surface area contributed by atoms with Crippen molar-refractivity contribution in [2.45, 2.75) is 6.54 Å². The minimum Gasteiger partial charge on any atom is -0.465 e. The van der Waals surface area contributed by atoms with Crippen LogP contribution in [0.2, 0.25) is 0 Å². The molecular formula is C19H19N3O5. The molecule has 1 aromatic carbocycles. The van der Waals surface area contributed by atoms with Gasteiger partial charge in [0.25, 0.3) is 0 Å². The molecule has 2 aliphatic heterocycles. The van der Waals surface area contributed by atoms with Gasteiger partial charge >= 0.3 is 18.0 Å². The van der Waals surface area contributed by atoms with Gasteiger partial charge in [-0.2, -0.15) is 0 Å². The van der Waals surface area contributed by atoms with E-state index in [4.69, 9.17) is 9.47 Å². The highest BCUT2D eigenvalue weighted by molar-refractivity contribution is 6.05. The Labute approximate surface area is 156 Å². The molecule has 0 atom stereocenters. The summed E-state index contributed by atoms with van der Waals surface area (Å²) >= 11 is 0. The number of carbonyl (C=O) groups excluding carboxylic acids is 3. The fraction of sp³-hybridized carbons (Fsp3) is 0.211. The van der Waals surface area contributed by atoms with Crippen molar-refractivity contribution < 1.29 is 23.9 Å². The van der Waals surface area contributed by atoms with Crippen LogP contribution in [0.15, 0.2) is 53.9 Å². The molecule has 1 aromatic rings. The number of nitrogens with one attached hydrogen (secondary N) is 1. The van der Waals surface area contributed by atoms with Crippen molar-refractivity contribution in [3.8, 4) is 0 Å². The summed E-state index contributed by atoms with van der Waals surface area (Å²) in [6.45, 7) is 0.364. The van der Waals surface area contributed by atoms with Gasteiger partial charge in [-0.25, -0.2) is 14.4 Å². The van der Waals surface area contributed by atoms with Gasteiger partial charge in [0, 0.05) is 25.5 Å². The van der Waals surface area contributed by atoms with Crippen LogP contribution in [-0.2, 0) is 25.6 Å². The predicted molar refractivity (Wildman–Crippen MR) is 98.9 cm³/mol. The van der Waals surface area contributed by atoms with Crippen LogP contribution in [0.1, 0.15) is 5.56 Å². The minimum atomic E-state index is -0.672. The number of benzene rings is 1. The summed E-state index contributed by atoms with van der Waals surface area (Å²) in [5.41, 5.74) is 2.42. The molecule has 0 aromatic heterocycles. The van der Waals surface area contributed by atoms with E-state index < -0.39 is 11.9 Å². The van der Waals surface area contributed by atoms with E-state index in [9.17, 15) is 14.4 Å². The number of methoxy groups -OCH3 is 2. The Morgan fingerprint density at radius 3 is 2.56 bits per heavy atom. The van der Waals surface area contributed by atoms with Gasteiger partial charge < -0.3 is 19.7 Å². The Morgan fingerprint density at radius 2 is 1.85 bits per heavy atom. The molecule has 0 bridgehead atoms. The van der Waals surface area contributed by atoms with Crippen LogP contribution in [-0.4, -0.2) is 39.2 Å². The highest BCUT2D eigenvalue weighted by Crippen LogP contribution is 2.32. The van der Waals surface area contributed by atoms with Crippen LogP contribution < -0.4 is 15.1 Å². The van der Waals surface area contributed by atoms with Gasteiger partial charge in [-0.3, -0.25) is 4.90 Å². The number of urea groups is 1. The van der Waals surface area contributed by atoms with E-state index in [2.05, 4.69) is 5.32 Å². The summed E-state index contributed by atoms with van der Waals surface area (Å²) in [7, 11) is 4.17. The van der Waals surface area contributed by atoms with Gasteiger partial charge in [-0.15, -0.1) is 0 Å². The molecule has 2 heterocycles. The molecule has 2 aliphatic rings. The molecule has 8 nitrogen and oxygen atoms in total. The highest BCUT2D eigenvalue weighted by Gasteiger charge is 2.28. The maximum atomic E-state index is 12.5. The third-order valence-corrected chi connectivity index (χ3v) is 4.33. The number of hydrogen-bond donors (Lipinski definition) is 1. The van der Waals surface area contributed by atoms with Crippen molar-refractivity contribution in [2.75, 3.05) is 31.1 Å². The van der Waals surface area contributed by atoms with Crippen molar-refractivity contribution >= 4 is 29.3 Å². The minimum absolute atomic E-state index is 0.0440. The number of rotatable bonds is 3. The first-order valence-corrected chi connectivity index (χ1v) is 8.17. The lowest BCUT2D eigenvalue weighted by atomic mass is 10.1. The largest absolute Gasteiger partial charge is 0.465 e. The molecule has 3 rings (SSSR count). The van der Waals surface area contributed by atoms with E-state index in [-0.39, 0.29) is 17.3 Å². The Morgan fingerprint density at radius 1 is 1.11 bits per heavy atom. The lowest BCUT2D eigenvalue weighted by Crippen LogP contribution is -2.41. The molecule has 8 heteroatoms. The van der Waals surface area contributed by atoms with E-state index >= 15 is 0 Å². The summed E-state index contributed by atoms with van der Waals surface area (Å²) in [5, 5.41) is 2.77. The number of esters is 2. The summed E-state index contributed by atoms with van der Waals surface area (Å²) in [6.07, 6.45) is 6.50. The number of anilines is 2. The quantitative estimate of drug-likeness (QED) is 0.818. The standard InChI is InChI=1S/C19H19N3O5/c1-21-15-8-7-13(10-12(15)11-20-19(21)25)22-9-5-4-6-14(17(23)26-2)16(22)18(24)27-3/h4-10H,11H2,1-3H3,(H,20,25). The van der Waals surface area contributed by atoms with Crippen LogP contribution in [0.5, 0.6) is 0 Å². The van der Waals surface area contributed by atoms with Gasteiger partial charge in [0.1, 0.15) is 5.70 Å². The summed E-state index contributed by atoms with van der Waals surface area (Å²) < 4.78 is 9.69. The third-order valence-electron chi connectivity index (χ3n) is 4.33. The Bertz CT molecular complexity index is 901. The molecule has 140 valence electrons. The lowest BCUT2D eigenvalue weighted by molar-refractivity contribution is -0.139. The van der Waals surface area contributed by atoms with Crippen LogP contribution >= 0.6 is 0 Å². The number of nitrogens with zero attached hydrogens (tertiary/aromatic N) is 2. The summed E-state index contributed by atoms with van der Waals surface area (Å²) in [4.78, 5) is 39.5. The van der Waals surface area contributed by atoms with E-state index in [1.54, 1.807) is 42.4 Å². The molecule has 0 aliphatic carbocycles. The highest BCUT2D eigenvalue weighted by atomic mass is 16.5. The zero-order chi connectivity index (χ0) is 19.6. The normalized spacial score (nSPS) is 15.9. The van der Waals surface area contributed by atoms with Gasteiger partial charge in [0.2, 0.25) is 0 Å². The fourth-order valence-corrected chi connectivity index (χ4v) is 2.95. The second-order valence-corrected chi connectivity index (χ2v) is 5.85. The van der Waals surface area contributed by atoms with Gasteiger partial charge in [0.05, 0.1) is 25.5 Å². The second kappa shape index (κ2) is 7.36. The topological polar surface area (TPSA) is 88.2 Å². The van der Waals surface area contributed by atoms with Crippen LogP contribution in [0, 0.1) is 0 Å². The SMILES string of the molecule is COC(=O)C1=C(C(=O)OC)N(c2ccc3c(c2)CNC(=O)N3C)C=CC=C1. The summed E-state index contributed by atoms with van der Waals surface area (Å²) in [6, 6.07) is 5.22. The van der Waals surface area contributed by atoms with E-state index in [1.807, 2.05) is 6.07 Å². The molecule has 27 heavy (non-hydrogen) atoms. The molecular weight excluding hydrogens is 350 g/mol. The molecule has 0 saturated heterocycles. The van der Waals surface area contributed by atoms with Crippen LogP contribution in [0.3, 0.4) is 0 Å². The molecule has 0 unspecified atom stereocenters. The van der Waals surface area contributed by atoms with E-state index in [0.29, 0.717) is 12.2 Å². The van der Waals surface area contributed by atoms with Crippen molar-refractivity contribution in [1.29, 1.82) is 0 Å². The average molecular weight is 369 g/mol. The van der Waals surface area contributed by atoms with Gasteiger partial charge in [-0.1, -0.05) is 6.08 Å². The smallest absolute Gasteiger partial charge is 0.355 e. The first kappa shape index (κ1) is 18.2. The average Bonchev–Trinajstić information content (AvgIpc) is 2.92. The lowest BCUT2D eigenvalue weighted by Gasteiger charge is -2.29. The third kappa shape index (κ3) is 3.29. The first-order chi connectivity index (χ1) is 13.0. The van der Waals surface area contributed by atoms with E-state index in [1.165, 1.54) is 25.2 Å². The molecule has 2 amide bonds. The Balaban J connectivity index is 2.12. The van der Waals surface area contributed by atoms with Crippen LogP contribution in [0.4, 0.5) is 16.2 Å². The fourth-order valence-electron chi connectivity index (χ4n) is 2.95. The van der Waals surface area contributed by atoms with Crippen molar-refractivity contribution in [3.63, 3.8) is 0 Å². The first-order valence-electron chi connectivity index (χ1n) is 8.17. The second-order valence-electron chi connectivity index (χ2n) is 5.85. The zero-order valence-electron chi connectivity index (χ0n) is 15.2. The summed E-state index contributed by atoms with van der Waals surface area (Å²) in [5.74, 6) is -1.32. The Hall–Kier alpha value is -3.55. The molecule has 0 radical (unpaired) electrons. The number of fused-ring (bicyclic) bond motifs is 1. The number of amides is 2. The number of ether oxygens (including phenoxy) is 2. The van der Waals surface area contributed by atoms with Crippen molar-refractivity contribution in [2.24, 2.45) is 0 Å². The van der Waals surface area contributed by atoms with Gasteiger partial charge in [0.15, 0.2) is 0 Å². The Kier molecular flexibility index (Phi) is 4.98. The zero-order valence-corrected chi connectivity index (χ0v) is 15.2. The molecule has 0 fully saturated rings. The van der Waals surface area contributed by atoms with Gasteiger partial charge in [-0.05, 0) is 35.9 Å². The molecule has 0 spiro atoms. The monoisotopic (exact) mass is 369 g/mol.